The van der Waals surface area contributed by atoms with E-state index >= 15 is 0 Å². The number of methoxy groups -OCH3 is 1. The quantitative estimate of drug-likeness (QED) is 0.516. The zero-order valence-electron chi connectivity index (χ0n) is 19.7. The van der Waals surface area contributed by atoms with E-state index in [1.54, 1.807) is 25.3 Å². The van der Waals surface area contributed by atoms with Crippen LogP contribution in [0.3, 0.4) is 0 Å². The fraction of sp³-hybridized carbons (Fsp3) is 0.222. The molecule has 5 rings (SSSR count). The molecule has 0 atom stereocenters. The fourth-order valence-corrected chi connectivity index (χ4v) is 5.40. The number of fused-ring (bicyclic) bond motifs is 1. The number of hydrogen-bond acceptors (Lipinski definition) is 6. The predicted molar refractivity (Wildman–Crippen MR) is 139 cm³/mol. The van der Waals surface area contributed by atoms with Crippen LogP contribution in [-0.2, 0) is 4.79 Å². The third-order valence-electron chi connectivity index (χ3n) is 6.27. The Bertz CT molecular complexity index is 1290. The van der Waals surface area contributed by atoms with Gasteiger partial charge in [0.15, 0.2) is 0 Å². The Morgan fingerprint density at radius 1 is 1.03 bits per heavy atom. The van der Waals surface area contributed by atoms with Crippen LogP contribution in [0.4, 0.5) is 11.5 Å². The normalized spacial score (nSPS) is 16.9. The molecule has 0 saturated carbocycles. The number of nitrogens with zero attached hydrogens (tertiary/aromatic N) is 4. The monoisotopic (exact) mass is 486 g/mol. The minimum atomic E-state index is -0.109. The highest BCUT2D eigenvalue weighted by atomic mass is 32.2. The molecule has 2 aliphatic rings. The number of amides is 2. The first-order valence-corrected chi connectivity index (χ1v) is 12.3. The number of piperazine rings is 1. The third kappa shape index (κ3) is 4.61. The third-order valence-corrected chi connectivity index (χ3v) is 7.35. The number of pyridine rings is 1. The Hall–Kier alpha value is -3.78. The molecule has 3 heterocycles. The van der Waals surface area contributed by atoms with Crippen molar-refractivity contribution in [1.82, 2.24) is 9.88 Å². The SMILES string of the molecule is COc1ccccc1C=C1Sc2ccc(C(=O)N3CCN(c4ccccn4)CC3)cc2N(C)C1=O. The van der Waals surface area contributed by atoms with Gasteiger partial charge < -0.3 is 19.4 Å². The minimum absolute atomic E-state index is 0.0188. The number of thioether (sulfide) groups is 1. The molecule has 7 nitrogen and oxygen atoms in total. The van der Waals surface area contributed by atoms with E-state index in [2.05, 4.69) is 9.88 Å². The van der Waals surface area contributed by atoms with Crippen LogP contribution in [0, 0.1) is 0 Å². The number of hydrogen-bond donors (Lipinski definition) is 0. The highest BCUT2D eigenvalue weighted by Gasteiger charge is 2.29. The van der Waals surface area contributed by atoms with Gasteiger partial charge in [-0.25, -0.2) is 4.98 Å². The lowest BCUT2D eigenvalue weighted by Crippen LogP contribution is -2.49. The summed E-state index contributed by atoms with van der Waals surface area (Å²) in [6.45, 7) is 2.72. The van der Waals surface area contributed by atoms with E-state index in [0.29, 0.717) is 29.3 Å². The van der Waals surface area contributed by atoms with Crippen molar-refractivity contribution in [2.45, 2.75) is 4.90 Å². The summed E-state index contributed by atoms with van der Waals surface area (Å²) >= 11 is 1.41. The Kier molecular flexibility index (Phi) is 6.46. The number of carbonyl (C=O) groups is 2. The van der Waals surface area contributed by atoms with Crippen molar-refractivity contribution in [3.63, 3.8) is 0 Å². The molecule has 2 aliphatic heterocycles. The van der Waals surface area contributed by atoms with Gasteiger partial charge in [-0.15, -0.1) is 0 Å². The van der Waals surface area contributed by atoms with Gasteiger partial charge >= 0.3 is 0 Å². The van der Waals surface area contributed by atoms with Gasteiger partial charge in [0.25, 0.3) is 11.8 Å². The van der Waals surface area contributed by atoms with Crippen LogP contribution in [0.5, 0.6) is 5.75 Å². The summed E-state index contributed by atoms with van der Waals surface area (Å²) < 4.78 is 5.42. The molecule has 0 bridgehead atoms. The second kappa shape index (κ2) is 9.84. The molecule has 0 spiro atoms. The highest BCUT2D eigenvalue weighted by molar-refractivity contribution is 8.04. The van der Waals surface area contributed by atoms with Crippen LogP contribution in [0.1, 0.15) is 15.9 Å². The summed E-state index contributed by atoms with van der Waals surface area (Å²) in [5.41, 5.74) is 2.18. The summed E-state index contributed by atoms with van der Waals surface area (Å²) in [6, 6.07) is 19.1. The molecule has 2 aromatic carbocycles. The lowest BCUT2D eigenvalue weighted by molar-refractivity contribution is -0.114. The molecule has 0 radical (unpaired) electrons. The number of aromatic nitrogens is 1. The molecular weight excluding hydrogens is 460 g/mol. The first-order chi connectivity index (χ1) is 17.0. The molecule has 0 N–H and O–H groups in total. The van der Waals surface area contributed by atoms with Crippen LogP contribution < -0.4 is 14.5 Å². The van der Waals surface area contributed by atoms with Crippen molar-refractivity contribution in [3.05, 3.63) is 82.9 Å². The van der Waals surface area contributed by atoms with Crippen molar-refractivity contribution in [1.29, 1.82) is 0 Å². The van der Waals surface area contributed by atoms with Crippen LogP contribution in [0.25, 0.3) is 6.08 Å². The zero-order valence-corrected chi connectivity index (χ0v) is 20.5. The van der Waals surface area contributed by atoms with Gasteiger partial charge in [-0.05, 0) is 42.5 Å². The summed E-state index contributed by atoms with van der Waals surface area (Å²) in [6.07, 6.45) is 3.64. The summed E-state index contributed by atoms with van der Waals surface area (Å²) in [5, 5.41) is 0. The van der Waals surface area contributed by atoms with Gasteiger partial charge in [0.1, 0.15) is 11.6 Å². The van der Waals surface area contributed by atoms with Crippen LogP contribution in [0.15, 0.2) is 76.7 Å². The van der Waals surface area contributed by atoms with E-state index in [-0.39, 0.29) is 11.8 Å². The fourth-order valence-electron chi connectivity index (χ4n) is 4.32. The van der Waals surface area contributed by atoms with Gasteiger partial charge in [0.2, 0.25) is 0 Å². The second-order valence-corrected chi connectivity index (χ2v) is 9.45. The number of rotatable bonds is 4. The molecule has 3 aromatic rings. The lowest BCUT2D eigenvalue weighted by Gasteiger charge is -2.35. The summed E-state index contributed by atoms with van der Waals surface area (Å²) in [5.74, 6) is 1.52. The van der Waals surface area contributed by atoms with Gasteiger partial charge in [-0.2, -0.15) is 0 Å². The topological polar surface area (TPSA) is 66.0 Å². The number of carbonyl (C=O) groups excluding carboxylic acids is 2. The van der Waals surface area contributed by atoms with E-state index in [9.17, 15) is 9.59 Å². The number of benzene rings is 2. The van der Waals surface area contributed by atoms with Crippen molar-refractivity contribution in [2.24, 2.45) is 0 Å². The van der Waals surface area contributed by atoms with E-state index in [4.69, 9.17) is 4.74 Å². The molecule has 1 fully saturated rings. The van der Waals surface area contributed by atoms with E-state index < -0.39 is 0 Å². The smallest absolute Gasteiger partial charge is 0.264 e. The molecule has 2 amide bonds. The Morgan fingerprint density at radius 2 is 1.80 bits per heavy atom. The Morgan fingerprint density at radius 3 is 2.54 bits per heavy atom. The first kappa shape index (κ1) is 23.0. The Balaban J connectivity index is 1.33. The van der Waals surface area contributed by atoms with Crippen molar-refractivity contribution in [2.75, 3.05) is 50.1 Å². The number of likely N-dealkylation sites (N-methyl/N-ethyl adjacent to an activating group) is 1. The van der Waals surface area contributed by atoms with E-state index in [1.807, 2.05) is 71.6 Å². The summed E-state index contributed by atoms with van der Waals surface area (Å²) in [4.78, 5) is 38.0. The number of ether oxygens (including phenoxy) is 1. The van der Waals surface area contributed by atoms with Gasteiger partial charge in [-0.1, -0.05) is 36.0 Å². The zero-order chi connectivity index (χ0) is 24.4. The average Bonchev–Trinajstić information content (AvgIpc) is 2.92. The summed E-state index contributed by atoms with van der Waals surface area (Å²) in [7, 11) is 3.36. The van der Waals surface area contributed by atoms with Crippen molar-refractivity contribution >= 4 is 41.2 Å². The van der Waals surface area contributed by atoms with Crippen LogP contribution in [-0.4, -0.2) is 62.0 Å². The maximum Gasteiger partial charge on any atom is 0.264 e. The number of para-hydroxylation sites is 1. The second-order valence-electron chi connectivity index (χ2n) is 8.37. The van der Waals surface area contributed by atoms with Gasteiger partial charge in [0.05, 0.1) is 17.7 Å². The lowest BCUT2D eigenvalue weighted by atomic mass is 10.1. The maximum absolute atomic E-state index is 13.2. The Labute approximate surface area is 209 Å². The molecule has 35 heavy (non-hydrogen) atoms. The molecule has 8 heteroatoms. The average molecular weight is 487 g/mol. The minimum Gasteiger partial charge on any atom is -0.496 e. The molecule has 0 unspecified atom stereocenters. The molecule has 1 aromatic heterocycles. The number of anilines is 2. The van der Waals surface area contributed by atoms with Crippen molar-refractivity contribution in [3.8, 4) is 5.75 Å². The maximum atomic E-state index is 13.2. The van der Waals surface area contributed by atoms with Crippen molar-refractivity contribution < 1.29 is 14.3 Å². The van der Waals surface area contributed by atoms with Gasteiger partial charge in [-0.3, -0.25) is 9.59 Å². The largest absolute Gasteiger partial charge is 0.496 e. The molecule has 1 saturated heterocycles. The molecular formula is C27H26N4O3S. The predicted octanol–water partition coefficient (Wildman–Crippen LogP) is 4.16. The van der Waals surface area contributed by atoms with Gasteiger partial charge in [0, 0.05) is 55.4 Å². The first-order valence-electron chi connectivity index (χ1n) is 11.4. The van der Waals surface area contributed by atoms with Crippen LogP contribution >= 0.6 is 11.8 Å². The van der Waals surface area contributed by atoms with E-state index in [1.165, 1.54) is 11.8 Å². The van der Waals surface area contributed by atoms with E-state index in [0.717, 1.165) is 35.1 Å². The highest BCUT2D eigenvalue weighted by Crippen LogP contribution is 2.42. The van der Waals surface area contributed by atoms with Crippen LogP contribution in [0.2, 0.25) is 0 Å². The molecule has 0 aliphatic carbocycles. The molecule has 178 valence electrons. The standard InChI is InChI=1S/C27H26N4O3S/c1-29-21-17-20(26(32)31-15-13-30(14-16-31)25-9-5-6-12-28-25)10-11-23(21)35-24(27(29)33)18-19-7-3-4-8-22(19)34-2/h3-12,17-18H,13-16H2,1-2H3.